The highest BCUT2D eigenvalue weighted by Crippen LogP contribution is 2.34. The Morgan fingerprint density at radius 2 is 1.65 bits per heavy atom. The number of rotatable bonds is 4. The van der Waals surface area contributed by atoms with E-state index in [1.807, 2.05) is 0 Å². The van der Waals surface area contributed by atoms with Crippen LogP contribution in [0.25, 0.3) is 0 Å². The second kappa shape index (κ2) is 5.96. The molecule has 116 valence electrons. The molecule has 2 amide bonds. The second-order valence-electron chi connectivity index (χ2n) is 5.19. The molecular weight excluding hydrogens is 362 g/mol. The van der Waals surface area contributed by atoms with Gasteiger partial charge in [-0.2, -0.15) is 0 Å². The fourth-order valence-corrected chi connectivity index (χ4v) is 3.15. The van der Waals surface area contributed by atoms with Crippen LogP contribution in [0.5, 0.6) is 0 Å². The number of aliphatic carboxylic acids is 1. The number of hydrogen-bond donors (Lipinski definition) is 1. The number of carbonyl (C=O) groups excluding carboxylic acids is 2. The molecular formula is C17H12BrNO4. The Kier molecular flexibility index (Phi) is 4.00. The molecule has 2 aromatic carbocycles. The molecule has 0 fully saturated rings. The highest BCUT2D eigenvalue weighted by Gasteiger charge is 2.41. The first kappa shape index (κ1) is 15.4. The highest BCUT2D eigenvalue weighted by atomic mass is 79.9. The fraction of sp³-hybridized carbons (Fsp3) is 0.118. The van der Waals surface area contributed by atoms with Crippen molar-refractivity contribution in [1.29, 1.82) is 0 Å². The zero-order chi connectivity index (χ0) is 16.6. The van der Waals surface area contributed by atoms with Crippen molar-refractivity contribution in [2.75, 3.05) is 0 Å². The minimum Gasteiger partial charge on any atom is -0.481 e. The third-order valence-electron chi connectivity index (χ3n) is 3.74. The van der Waals surface area contributed by atoms with Gasteiger partial charge in [0.25, 0.3) is 11.8 Å². The van der Waals surface area contributed by atoms with Crippen LogP contribution in [-0.4, -0.2) is 27.8 Å². The van der Waals surface area contributed by atoms with Gasteiger partial charge in [0, 0.05) is 4.47 Å². The molecule has 1 N–H and O–H groups in total. The number of fused-ring (bicyclic) bond motifs is 1. The molecule has 6 heteroatoms. The quantitative estimate of drug-likeness (QED) is 0.834. The summed E-state index contributed by atoms with van der Waals surface area (Å²) in [5.41, 5.74) is 1.21. The molecule has 1 aliphatic heterocycles. The molecule has 0 spiro atoms. The van der Waals surface area contributed by atoms with Gasteiger partial charge in [-0.3, -0.25) is 19.3 Å². The molecule has 0 radical (unpaired) electrons. The van der Waals surface area contributed by atoms with Crippen LogP contribution >= 0.6 is 15.9 Å². The Hall–Kier alpha value is -2.47. The predicted octanol–water partition coefficient (Wildman–Crippen LogP) is 3.26. The number of nitrogens with zero attached hydrogens (tertiary/aromatic N) is 1. The van der Waals surface area contributed by atoms with Crippen LogP contribution in [0.3, 0.4) is 0 Å². The summed E-state index contributed by atoms with van der Waals surface area (Å²) in [6, 6.07) is 12.6. The van der Waals surface area contributed by atoms with Crippen LogP contribution in [0.4, 0.5) is 0 Å². The molecule has 3 rings (SSSR count). The summed E-state index contributed by atoms with van der Waals surface area (Å²) in [4.78, 5) is 37.5. The largest absolute Gasteiger partial charge is 0.481 e. The summed E-state index contributed by atoms with van der Waals surface area (Å²) in [5.74, 6) is -2.00. The molecule has 0 saturated carbocycles. The Morgan fingerprint density at radius 1 is 1.04 bits per heavy atom. The number of imide groups is 1. The average molecular weight is 374 g/mol. The summed E-state index contributed by atoms with van der Waals surface area (Å²) in [6.45, 7) is 0. The summed E-state index contributed by atoms with van der Waals surface area (Å²) < 4.78 is 0.752. The smallest absolute Gasteiger partial charge is 0.305 e. The van der Waals surface area contributed by atoms with Gasteiger partial charge in [-0.05, 0) is 29.8 Å². The Bertz CT molecular complexity index is 783. The molecule has 2 aromatic rings. The summed E-state index contributed by atoms with van der Waals surface area (Å²) in [5, 5.41) is 9.20. The van der Waals surface area contributed by atoms with E-state index in [1.54, 1.807) is 48.5 Å². The Balaban J connectivity index is 2.07. The molecule has 1 aliphatic rings. The van der Waals surface area contributed by atoms with E-state index >= 15 is 0 Å². The van der Waals surface area contributed by atoms with Gasteiger partial charge in [0.2, 0.25) is 0 Å². The fourth-order valence-electron chi connectivity index (χ4n) is 2.73. The predicted molar refractivity (Wildman–Crippen MR) is 86.1 cm³/mol. The van der Waals surface area contributed by atoms with Crippen molar-refractivity contribution in [1.82, 2.24) is 4.90 Å². The Morgan fingerprint density at radius 3 is 2.17 bits per heavy atom. The van der Waals surface area contributed by atoms with Crippen LogP contribution in [0, 0.1) is 0 Å². The van der Waals surface area contributed by atoms with Crippen molar-refractivity contribution >= 4 is 33.7 Å². The molecule has 1 atom stereocenters. The lowest BCUT2D eigenvalue weighted by atomic mass is 10.0. The van der Waals surface area contributed by atoms with Gasteiger partial charge in [-0.15, -0.1) is 0 Å². The third-order valence-corrected chi connectivity index (χ3v) is 4.23. The van der Waals surface area contributed by atoms with E-state index in [2.05, 4.69) is 15.9 Å². The molecule has 0 aliphatic carbocycles. The maximum absolute atomic E-state index is 12.6. The van der Waals surface area contributed by atoms with E-state index in [-0.39, 0.29) is 6.42 Å². The first-order valence-electron chi connectivity index (χ1n) is 6.93. The number of carboxylic acids is 1. The van der Waals surface area contributed by atoms with E-state index in [1.165, 1.54) is 0 Å². The lowest BCUT2D eigenvalue weighted by Crippen LogP contribution is -2.35. The number of benzene rings is 2. The van der Waals surface area contributed by atoms with Crippen molar-refractivity contribution in [3.05, 3.63) is 69.7 Å². The van der Waals surface area contributed by atoms with Crippen LogP contribution in [0.15, 0.2) is 53.0 Å². The normalized spacial score (nSPS) is 14.7. The number of halogens is 1. The summed E-state index contributed by atoms with van der Waals surface area (Å²) in [6.07, 6.45) is -0.345. The molecule has 0 aromatic heterocycles. The van der Waals surface area contributed by atoms with E-state index in [4.69, 9.17) is 0 Å². The number of carboxylic acid groups (broad SMARTS) is 1. The molecule has 1 heterocycles. The van der Waals surface area contributed by atoms with Crippen LogP contribution in [-0.2, 0) is 4.79 Å². The standard InChI is InChI=1S/C17H12BrNO4/c18-11-5-3-4-10(8-11)14(9-15(20)21)19-16(22)12-6-1-2-7-13(12)17(19)23/h1-8,14H,9H2,(H,20,21). The van der Waals surface area contributed by atoms with Crippen molar-refractivity contribution in [2.45, 2.75) is 12.5 Å². The van der Waals surface area contributed by atoms with Gasteiger partial charge in [-0.25, -0.2) is 0 Å². The maximum Gasteiger partial charge on any atom is 0.305 e. The van der Waals surface area contributed by atoms with Crippen molar-refractivity contribution in [2.24, 2.45) is 0 Å². The molecule has 0 saturated heterocycles. The topological polar surface area (TPSA) is 74.7 Å². The van der Waals surface area contributed by atoms with Gasteiger partial charge >= 0.3 is 5.97 Å². The Labute approximate surface area is 140 Å². The van der Waals surface area contributed by atoms with Crippen molar-refractivity contribution < 1.29 is 19.5 Å². The SMILES string of the molecule is O=C(O)CC(c1cccc(Br)c1)N1C(=O)c2ccccc2C1=O. The minimum atomic E-state index is -1.08. The van der Waals surface area contributed by atoms with E-state index in [9.17, 15) is 19.5 Å². The maximum atomic E-state index is 12.6. The van der Waals surface area contributed by atoms with Gasteiger partial charge in [0.1, 0.15) is 0 Å². The molecule has 23 heavy (non-hydrogen) atoms. The summed E-state index contributed by atoms with van der Waals surface area (Å²) >= 11 is 3.33. The van der Waals surface area contributed by atoms with E-state index in [0.29, 0.717) is 16.7 Å². The zero-order valence-electron chi connectivity index (χ0n) is 11.9. The second-order valence-corrected chi connectivity index (χ2v) is 6.11. The van der Waals surface area contributed by atoms with Gasteiger partial charge < -0.3 is 5.11 Å². The minimum absolute atomic E-state index is 0.308. The zero-order valence-corrected chi connectivity index (χ0v) is 13.5. The van der Waals surface area contributed by atoms with Gasteiger partial charge in [0.15, 0.2) is 0 Å². The summed E-state index contributed by atoms with van der Waals surface area (Å²) in [7, 11) is 0. The monoisotopic (exact) mass is 373 g/mol. The first-order chi connectivity index (χ1) is 11.0. The number of hydrogen-bond acceptors (Lipinski definition) is 3. The number of carbonyl (C=O) groups is 3. The highest BCUT2D eigenvalue weighted by molar-refractivity contribution is 9.10. The first-order valence-corrected chi connectivity index (χ1v) is 7.72. The lowest BCUT2D eigenvalue weighted by molar-refractivity contribution is -0.138. The molecule has 0 bridgehead atoms. The molecule has 1 unspecified atom stereocenters. The van der Waals surface area contributed by atoms with E-state index < -0.39 is 23.8 Å². The van der Waals surface area contributed by atoms with E-state index in [0.717, 1.165) is 9.37 Å². The van der Waals surface area contributed by atoms with Crippen LogP contribution in [0.2, 0.25) is 0 Å². The third kappa shape index (κ3) is 2.77. The van der Waals surface area contributed by atoms with Crippen LogP contribution < -0.4 is 0 Å². The van der Waals surface area contributed by atoms with Crippen LogP contribution in [0.1, 0.15) is 38.7 Å². The molecule has 5 nitrogen and oxygen atoms in total. The van der Waals surface area contributed by atoms with Crippen molar-refractivity contribution in [3.8, 4) is 0 Å². The average Bonchev–Trinajstić information content (AvgIpc) is 2.77. The van der Waals surface area contributed by atoms with Crippen molar-refractivity contribution in [3.63, 3.8) is 0 Å². The van der Waals surface area contributed by atoms with Gasteiger partial charge in [-0.1, -0.05) is 40.2 Å². The van der Waals surface area contributed by atoms with Gasteiger partial charge in [0.05, 0.1) is 23.6 Å². The lowest BCUT2D eigenvalue weighted by Gasteiger charge is -2.25. The number of amides is 2.